The second-order valence-electron chi connectivity index (χ2n) is 7.14. The Morgan fingerprint density at radius 2 is 2.07 bits per heavy atom. The highest BCUT2D eigenvalue weighted by molar-refractivity contribution is 7.91. The summed E-state index contributed by atoms with van der Waals surface area (Å²) in [4.78, 5) is 14.3. The molecule has 1 atom stereocenters. The van der Waals surface area contributed by atoms with Crippen molar-refractivity contribution >= 4 is 27.3 Å². The number of aryl methyl sites for hydroxylation is 2. The molecule has 1 fully saturated rings. The summed E-state index contributed by atoms with van der Waals surface area (Å²) in [6.07, 6.45) is 1.98. The van der Waals surface area contributed by atoms with Crippen molar-refractivity contribution in [2.45, 2.75) is 32.9 Å². The molecule has 0 N–H and O–H groups in total. The van der Waals surface area contributed by atoms with Gasteiger partial charge in [-0.25, -0.2) is 8.42 Å². The Hall–Kier alpha value is -2.32. The number of carbonyl (C=O) groups excluding carboxylic acids is 1. The van der Waals surface area contributed by atoms with E-state index in [-0.39, 0.29) is 42.3 Å². The van der Waals surface area contributed by atoms with E-state index in [1.807, 2.05) is 26.0 Å². The molecule has 7 nitrogen and oxygen atoms in total. The molecule has 0 spiro atoms. The zero-order chi connectivity index (χ0) is 21.2. The van der Waals surface area contributed by atoms with Crippen LogP contribution in [0.1, 0.15) is 33.8 Å². The van der Waals surface area contributed by atoms with E-state index < -0.39 is 9.84 Å². The lowest BCUT2D eigenvalue weighted by atomic mass is 10.1. The zero-order valence-corrected chi connectivity index (χ0v) is 17.9. The van der Waals surface area contributed by atoms with Gasteiger partial charge in [-0.15, -0.1) is 6.58 Å². The van der Waals surface area contributed by atoms with Crippen LogP contribution in [0.4, 0.5) is 0 Å². The van der Waals surface area contributed by atoms with Crippen molar-refractivity contribution in [1.82, 2.24) is 10.1 Å². The number of aromatic nitrogens is 1. The van der Waals surface area contributed by atoms with Crippen LogP contribution in [-0.4, -0.2) is 48.5 Å². The molecule has 1 amide bonds. The van der Waals surface area contributed by atoms with Crippen LogP contribution in [0.2, 0.25) is 5.02 Å². The van der Waals surface area contributed by atoms with Crippen LogP contribution in [0.15, 0.2) is 35.4 Å². The first-order chi connectivity index (χ1) is 13.7. The maximum Gasteiger partial charge on any atom is 0.276 e. The molecular formula is C20H23ClN2O5S. The van der Waals surface area contributed by atoms with E-state index in [4.69, 9.17) is 20.9 Å². The minimum absolute atomic E-state index is 0.0460. The summed E-state index contributed by atoms with van der Waals surface area (Å²) < 4.78 is 34.5. The van der Waals surface area contributed by atoms with Gasteiger partial charge in [0.05, 0.1) is 11.5 Å². The Balaban J connectivity index is 1.69. The van der Waals surface area contributed by atoms with Crippen LogP contribution in [-0.2, 0) is 16.4 Å². The molecule has 156 valence electrons. The molecular weight excluding hydrogens is 416 g/mol. The highest BCUT2D eigenvalue weighted by atomic mass is 35.5. The molecule has 0 radical (unpaired) electrons. The topological polar surface area (TPSA) is 89.7 Å². The predicted octanol–water partition coefficient (Wildman–Crippen LogP) is 3.34. The Morgan fingerprint density at radius 3 is 2.66 bits per heavy atom. The molecule has 0 bridgehead atoms. The van der Waals surface area contributed by atoms with Crippen molar-refractivity contribution in [2.75, 3.05) is 18.1 Å². The zero-order valence-electron chi connectivity index (χ0n) is 16.4. The molecule has 1 aliphatic rings. The van der Waals surface area contributed by atoms with Crippen molar-refractivity contribution in [2.24, 2.45) is 0 Å². The molecule has 3 rings (SSSR count). The number of rotatable bonds is 7. The van der Waals surface area contributed by atoms with E-state index >= 15 is 0 Å². The summed E-state index contributed by atoms with van der Waals surface area (Å²) >= 11 is 6.16. The van der Waals surface area contributed by atoms with Gasteiger partial charge in [0.15, 0.2) is 21.3 Å². The molecule has 1 aliphatic heterocycles. The smallest absolute Gasteiger partial charge is 0.276 e. The van der Waals surface area contributed by atoms with Gasteiger partial charge in [-0.3, -0.25) is 4.79 Å². The van der Waals surface area contributed by atoms with Crippen molar-refractivity contribution in [3.05, 3.63) is 58.5 Å². The summed E-state index contributed by atoms with van der Waals surface area (Å²) in [5.41, 5.74) is 1.92. The fourth-order valence-corrected chi connectivity index (χ4v) is 5.17. The monoisotopic (exact) mass is 438 g/mol. The Morgan fingerprint density at radius 1 is 1.38 bits per heavy atom. The molecule has 9 heteroatoms. The van der Waals surface area contributed by atoms with Crippen LogP contribution in [0, 0.1) is 13.8 Å². The van der Waals surface area contributed by atoms with Crippen molar-refractivity contribution in [3.63, 3.8) is 0 Å². The van der Waals surface area contributed by atoms with E-state index in [1.165, 1.54) is 11.0 Å². The molecule has 2 aromatic rings. The molecule has 1 aromatic carbocycles. The molecule has 0 unspecified atom stereocenters. The number of hydrogen-bond acceptors (Lipinski definition) is 6. The van der Waals surface area contributed by atoms with Crippen molar-refractivity contribution in [3.8, 4) is 5.75 Å². The first-order valence-corrected chi connectivity index (χ1v) is 11.4. The Kier molecular flexibility index (Phi) is 6.33. The number of ether oxygens (including phenoxy) is 1. The van der Waals surface area contributed by atoms with Gasteiger partial charge in [-0.2, -0.15) is 0 Å². The number of carbonyl (C=O) groups is 1. The maximum absolute atomic E-state index is 12.9. The third kappa shape index (κ3) is 5.00. The summed E-state index contributed by atoms with van der Waals surface area (Å²) in [6.45, 7) is 7.78. The maximum atomic E-state index is 12.9. The minimum Gasteiger partial charge on any atom is -0.486 e. The van der Waals surface area contributed by atoms with Gasteiger partial charge < -0.3 is 14.2 Å². The standard InChI is InChI=1S/C20H23ClN2O5S/c1-4-6-23(15-5-7-29(25,26)12-15)20(24)18-10-17(28-22-18)11-27-16-8-13(2)19(21)14(3)9-16/h4,8-10,15H,1,5-7,11-12H2,2-3H3/t15-/m0/s1. The molecule has 0 saturated carbocycles. The molecule has 1 saturated heterocycles. The van der Waals surface area contributed by atoms with Gasteiger partial charge >= 0.3 is 0 Å². The third-order valence-electron chi connectivity index (χ3n) is 4.80. The van der Waals surface area contributed by atoms with E-state index in [2.05, 4.69) is 11.7 Å². The van der Waals surface area contributed by atoms with Crippen LogP contribution in [0.3, 0.4) is 0 Å². The molecule has 29 heavy (non-hydrogen) atoms. The first kappa shape index (κ1) is 21.4. The first-order valence-electron chi connectivity index (χ1n) is 9.17. The number of halogens is 1. The van der Waals surface area contributed by atoms with Crippen molar-refractivity contribution < 1.29 is 22.5 Å². The molecule has 1 aromatic heterocycles. The van der Waals surface area contributed by atoms with E-state index in [1.54, 1.807) is 6.08 Å². The van der Waals surface area contributed by atoms with Crippen LogP contribution < -0.4 is 4.74 Å². The van der Waals surface area contributed by atoms with Crippen LogP contribution in [0.5, 0.6) is 5.75 Å². The van der Waals surface area contributed by atoms with Crippen LogP contribution >= 0.6 is 11.6 Å². The fraction of sp³-hybridized carbons (Fsp3) is 0.400. The van der Waals surface area contributed by atoms with Gasteiger partial charge in [0.2, 0.25) is 0 Å². The van der Waals surface area contributed by atoms with Gasteiger partial charge in [0.25, 0.3) is 5.91 Å². The minimum atomic E-state index is -3.12. The second-order valence-corrected chi connectivity index (χ2v) is 9.75. The average molecular weight is 439 g/mol. The number of nitrogens with zero attached hydrogens (tertiary/aromatic N) is 2. The van der Waals surface area contributed by atoms with E-state index in [0.29, 0.717) is 23.0 Å². The summed E-state index contributed by atoms with van der Waals surface area (Å²) in [6, 6.07) is 4.77. The Bertz CT molecular complexity index is 1010. The van der Waals surface area contributed by atoms with E-state index in [9.17, 15) is 13.2 Å². The lowest BCUT2D eigenvalue weighted by Gasteiger charge is -2.25. The number of hydrogen-bond donors (Lipinski definition) is 0. The fourth-order valence-electron chi connectivity index (χ4n) is 3.33. The van der Waals surface area contributed by atoms with E-state index in [0.717, 1.165) is 11.1 Å². The number of amides is 1. The highest BCUT2D eigenvalue weighted by Gasteiger charge is 2.35. The van der Waals surface area contributed by atoms with Gasteiger partial charge in [0.1, 0.15) is 12.4 Å². The normalized spacial score (nSPS) is 17.8. The highest BCUT2D eigenvalue weighted by Crippen LogP contribution is 2.26. The third-order valence-corrected chi connectivity index (χ3v) is 7.15. The Labute approximate surface area is 175 Å². The number of benzene rings is 1. The van der Waals surface area contributed by atoms with Gasteiger partial charge in [-0.1, -0.05) is 22.8 Å². The second kappa shape index (κ2) is 8.59. The summed E-state index contributed by atoms with van der Waals surface area (Å²) in [5.74, 6) is 0.668. The molecule has 0 aliphatic carbocycles. The number of sulfone groups is 1. The summed E-state index contributed by atoms with van der Waals surface area (Å²) in [7, 11) is -3.12. The van der Waals surface area contributed by atoms with Gasteiger partial charge in [-0.05, 0) is 43.5 Å². The van der Waals surface area contributed by atoms with Crippen molar-refractivity contribution in [1.29, 1.82) is 0 Å². The lowest BCUT2D eigenvalue weighted by molar-refractivity contribution is 0.0709. The van der Waals surface area contributed by atoms with Crippen LogP contribution in [0.25, 0.3) is 0 Å². The van der Waals surface area contributed by atoms with Gasteiger partial charge in [0, 0.05) is 23.7 Å². The summed E-state index contributed by atoms with van der Waals surface area (Å²) in [5, 5.41) is 4.53. The predicted molar refractivity (Wildman–Crippen MR) is 110 cm³/mol. The largest absolute Gasteiger partial charge is 0.486 e. The molecule has 2 heterocycles. The quantitative estimate of drug-likeness (QED) is 0.616. The average Bonchev–Trinajstić information content (AvgIpc) is 3.28. The lowest BCUT2D eigenvalue weighted by Crippen LogP contribution is -2.41. The SMILES string of the molecule is C=CCN(C(=O)c1cc(COc2cc(C)c(Cl)c(C)c2)on1)[C@H]1CCS(=O)(=O)C1.